The average Bonchev–Trinajstić information content (AvgIpc) is 3.35. The van der Waals surface area contributed by atoms with Crippen molar-refractivity contribution in [3.63, 3.8) is 0 Å². The van der Waals surface area contributed by atoms with Crippen LogP contribution in [0, 0.1) is 11.5 Å². The van der Waals surface area contributed by atoms with Crippen molar-refractivity contribution in [2.45, 2.75) is 25.2 Å². The van der Waals surface area contributed by atoms with E-state index in [1.807, 2.05) is 61.6 Å². The van der Waals surface area contributed by atoms with E-state index in [1.54, 1.807) is 46.9 Å². The Bertz CT molecular complexity index is 1820. The number of aliphatic hydroxyl groups is 1. The van der Waals surface area contributed by atoms with Crippen LogP contribution >= 0.6 is 11.6 Å². The summed E-state index contributed by atoms with van der Waals surface area (Å²) in [5.74, 6) is 3.32. The van der Waals surface area contributed by atoms with Crippen LogP contribution in [0.5, 0.6) is 0 Å². The minimum Gasteiger partial charge on any atom is -0.374 e. The number of rotatable bonds is 4. The summed E-state index contributed by atoms with van der Waals surface area (Å²) in [5, 5.41) is 13.9. The smallest absolute Gasteiger partial charge is 0.251 e. The summed E-state index contributed by atoms with van der Waals surface area (Å²) in [4.78, 5) is 17.3. The molecule has 0 fully saturated rings. The lowest BCUT2D eigenvalue weighted by Gasteiger charge is -2.30. The predicted molar refractivity (Wildman–Crippen MR) is 162 cm³/mol. The Labute approximate surface area is 234 Å². The number of aryl methyl sites for hydroxylation is 2. The highest BCUT2D eigenvalue weighted by molar-refractivity contribution is 6.83. The van der Waals surface area contributed by atoms with Crippen molar-refractivity contribution in [2.75, 3.05) is 0 Å². The lowest BCUT2D eigenvalue weighted by molar-refractivity contribution is 0.117. The molecule has 0 aliphatic heterocycles. The number of halogens is 1. The Morgan fingerprint density at radius 1 is 0.949 bits per heavy atom. The molecule has 1 atom stereocenters. The van der Waals surface area contributed by atoms with Crippen LogP contribution in [0.2, 0.25) is 24.7 Å². The first kappa shape index (κ1) is 26.7. The van der Waals surface area contributed by atoms with Crippen molar-refractivity contribution in [3.8, 4) is 22.6 Å². The lowest BCUT2D eigenvalue weighted by atomic mass is 9.82. The minimum absolute atomic E-state index is 0.108. The zero-order valence-electron chi connectivity index (χ0n) is 22.7. The average molecular weight is 552 g/mol. The normalized spacial score (nSPS) is 13.1. The summed E-state index contributed by atoms with van der Waals surface area (Å²) >= 11 is 6.18. The van der Waals surface area contributed by atoms with E-state index >= 15 is 0 Å². The third kappa shape index (κ3) is 5.09. The van der Waals surface area contributed by atoms with Crippen LogP contribution in [0.15, 0.2) is 90.1 Å². The molecule has 0 radical (unpaired) electrons. The molecule has 5 nitrogen and oxygen atoms in total. The number of hydrogen-bond acceptors (Lipinski definition) is 3. The van der Waals surface area contributed by atoms with Crippen LogP contribution in [0.4, 0.5) is 0 Å². The van der Waals surface area contributed by atoms with Gasteiger partial charge in [0.2, 0.25) is 0 Å². The maximum absolute atomic E-state index is 13.0. The molecule has 2 heterocycles. The number of hydrogen-bond donors (Lipinski definition) is 1. The Morgan fingerprint density at radius 2 is 1.67 bits per heavy atom. The molecule has 0 bridgehead atoms. The molecular weight excluding hydrogens is 522 g/mol. The summed E-state index contributed by atoms with van der Waals surface area (Å²) in [7, 11) is 2.06. The zero-order valence-corrected chi connectivity index (χ0v) is 24.4. The van der Waals surface area contributed by atoms with Gasteiger partial charge in [0.1, 0.15) is 8.07 Å². The molecule has 0 saturated heterocycles. The van der Waals surface area contributed by atoms with Gasteiger partial charge in [-0.1, -0.05) is 67.5 Å². The quantitative estimate of drug-likeness (QED) is 0.217. The van der Waals surface area contributed by atoms with Crippen LogP contribution in [0.1, 0.15) is 22.4 Å². The first-order valence-electron chi connectivity index (χ1n) is 12.7. The molecule has 0 aliphatic rings. The maximum Gasteiger partial charge on any atom is 0.251 e. The number of nitrogens with zero attached hydrogens (tertiary/aromatic N) is 3. The monoisotopic (exact) mass is 551 g/mol. The molecule has 0 amide bonds. The van der Waals surface area contributed by atoms with E-state index in [9.17, 15) is 9.90 Å². The molecule has 0 unspecified atom stereocenters. The number of aromatic nitrogens is 3. The molecule has 5 rings (SSSR count). The van der Waals surface area contributed by atoms with E-state index in [4.69, 9.17) is 11.6 Å². The fourth-order valence-electron chi connectivity index (χ4n) is 4.81. The molecule has 0 saturated carbocycles. The number of imidazole rings is 1. The van der Waals surface area contributed by atoms with E-state index < -0.39 is 13.7 Å². The first-order valence-corrected chi connectivity index (χ1v) is 16.6. The lowest BCUT2D eigenvalue weighted by Crippen LogP contribution is -2.31. The van der Waals surface area contributed by atoms with Crippen molar-refractivity contribution >= 4 is 30.6 Å². The second-order valence-electron chi connectivity index (χ2n) is 10.9. The van der Waals surface area contributed by atoms with Gasteiger partial charge in [-0.05, 0) is 58.7 Å². The van der Waals surface area contributed by atoms with Crippen molar-refractivity contribution in [3.05, 3.63) is 123 Å². The van der Waals surface area contributed by atoms with Crippen LogP contribution in [-0.2, 0) is 19.7 Å². The Morgan fingerprint density at radius 3 is 2.33 bits per heavy atom. The molecule has 196 valence electrons. The highest BCUT2D eigenvalue weighted by atomic mass is 35.5. The summed E-state index contributed by atoms with van der Waals surface area (Å²) in [6.07, 6.45) is 3.33. The van der Waals surface area contributed by atoms with Gasteiger partial charge in [0.05, 0.1) is 23.7 Å². The third-order valence-corrected chi connectivity index (χ3v) is 8.00. The van der Waals surface area contributed by atoms with Crippen LogP contribution in [-0.4, -0.2) is 27.3 Å². The van der Waals surface area contributed by atoms with Crippen molar-refractivity contribution in [1.82, 2.24) is 14.1 Å². The van der Waals surface area contributed by atoms with E-state index in [1.165, 1.54) is 0 Å². The third-order valence-electron chi connectivity index (χ3n) is 6.87. The van der Waals surface area contributed by atoms with E-state index in [0.717, 1.165) is 27.6 Å². The van der Waals surface area contributed by atoms with Gasteiger partial charge in [-0.3, -0.25) is 4.79 Å². The van der Waals surface area contributed by atoms with E-state index in [2.05, 4.69) is 36.1 Å². The van der Waals surface area contributed by atoms with Gasteiger partial charge < -0.3 is 14.2 Å². The van der Waals surface area contributed by atoms with Gasteiger partial charge in [0.25, 0.3) is 5.56 Å². The molecule has 39 heavy (non-hydrogen) atoms. The van der Waals surface area contributed by atoms with Crippen molar-refractivity contribution in [1.29, 1.82) is 0 Å². The predicted octanol–water partition coefficient (Wildman–Crippen LogP) is 6.11. The minimum atomic E-state index is -1.55. The number of fused-ring (bicyclic) bond motifs is 1. The summed E-state index contributed by atoms with van der Waals surface area (Å²) in [6.45, 7) is 6.64. The van der Waals surface area contributed by atoms with Crippen LogP contribution in [0.25, 0.3) is 22.0 Å². The summed E-state index contributed by atoms with van der Waals surface area (Å²) in [5.41, 5.74) is 7.07. The summed E-state index contributed by atoms with van der Waals surface area (Å²) < 4.78 is 3.43. The van der Waals surface area contributed by atoms with Crippen molar-refractivity contribution < 1.29 is 5.11 Å². The molecule has 2 aromatic heterocycles. The fourth-order valence-corrected chi connectivity index (χ4v) is 5.45. The fraction of sp³-hybridized carbons (Fsp3) is 0.188. The van der Waals surface area contributed by atoms with Gasteiger partial charge in [-0.15, -0.1) is 5.54 Å². The molecule has 3 aromatic carbocycles. The van der Waals surface area contributed by atoms with Gasteiger partial charge in [-0.25, -0.2) is 4.98 Å². The molecule has 0 aliphatic carbocycles. The second-order valence-corrected chi connectivity index (χ2v) is 16.1. The zero-order chi connectivity index (χ0) is 27.9. The molecule has 5 aromatic rings. The van der Waals surface area contributed by atoms with Crippen LogP contribution in [0.3, 0.4) is 0 Å². The SMILES string of the molecule is Cn1cncc1[C@@](O)(c1ccc(Cl)cc1)c1ccc2c(c1)c(-c1cccc(C#C[Si](C)(C)C)c1)cc(=O)n2C. The summed E-state index contributed by atoms with van der Waals surface area (Å²) in [6, 6.07) is 22.5. The molecule has 7 heteroatoms. The number of pyridine rings is 1. The van der Waals surface area contributed by atoms with E-state index in [0.29, 0.717) is 21.8 Å². The van der Waals surface area contributed by atoms with Crippen molar-refractivity contribution in [2.24, 2.45) is 14.1 Å². The Kier molecular flexibility index (Phi) is 6.85. The van der Waals surface area contributed by atoms with Gasteiger partial charge in [0, 0.05) is 36.1 Å². The highest BCUT2D eigenvalue weighted by Crippen LogP contribution is 2.39. The molecular formula is C32H30ClN3O2Si. The first-order chi connectivity index (χ1) is 18.5. The topological polar surface area (TPSA) is 60.0 Å². The largest absolute Gasteiger partial charge is 0.374 e. The van der Waals surface area contributed by atoms with Crippen LogP contribution < -0.4 is 5.56 Å². The Balaban J connectivity index is 1.78. The molecule has 0 spiro atoms. The van der Waals surface area contributed by atoms with E-state index in [-0.39, 0.29) is 5.56 Å². The number of benzene rings is 3. The van der Waals surface area contributed by atoms with Gasteiger partial charge in [0.15, 0.2) is 5.60 Å². The van der Waals surface area contributed by atoms with Gasteiger partial charge in [-0.2, -0.15) is 0 Å². The highest BCUT2D eigenvalue weighted by Gasteiger charge is 2.37. The van der Waals surface area contributed by atoms with Gasteiger partial charge >= 0.3 is 0 Å². The molecule has 1 N–H and O–H groups in total. The Hall–Kier alpha value is -3.89. The second kappa shape index (κ2) is 10.0. The maximum atomic E-state index is 13.0. The standard InChI is InChI=1S/C32H30ClN3O2Si/c1-35-21-34-20-30(35)32(38,24-9-12-26(33)13-10-24)25-11-14-29-28(18-25)27(19-31(37)36(29)2)23-8-6-7-22(17-23)15-16-39(3,4)5/h6-14,17-21,38H,1-5H3/t32-/m1/s1.